The number of hydrogen-bond acceptors (Lipinski definition) is 2. The van der Waals surface area contributed by atoms with Crippen LogP contribution in [-0.2, 0) is 0 Å². The maximum absolute atomic E-state index is 4.20. The van der Waals surface area contributed by atoms with Crippen molar-refractivity contribution in [2.45, 2.75) is 32.9 Å². The molecule has 0 fully saturated rings. The summed E-state index contributed by atoms with van der Waals surface area (Å²) in [5.74, 6) is 0. The van der Waals surface area contributed by atoms with Gasteiger partial charge in [0.05, 0.1) is 35.6 Å². The minimum Gasteiger partial charge on any atom is -1.00 e. The summed E-state index contributed by atoms with van der Waals surface area (Å²) in [6, 6.07) is 2.15. The van der Waals surface area contributed by atoms with E-state index in [1.54, 1.807) is 4.90 Å². The molecule has 90 valence electrons. The fourth-order valence-electron chi connectivity index (χ4n) is 2.11. The van der Waals surface area contributed by atoms with Gasteiger partial charge in [-0.2, -0.15) is 0 Å². The van der Waals surface area contributed by atoms with Gasteiger partial charge in [-0.1, -0.05) is 13.3 Å². The number of hydrogen-bond donors (Lipinski definition) is 1. The van der Waals surface area contributed by atoms with Crippen LogP contribution in [-0.4, -0.2) is 17.7 Å². The molecule has 0 saturated carbocycles. The van der Waals surface area contributed by atoms with Gasteiger partial charge in [-0.3, -0.25) is 13.0 Å². The van der Waals surface area contributed by atoms with Crippen LogP contribution < -0.4 is 32.0 Å². The average Bonchev–Trinajstić information content (AvgIpc) is 2.51. The van der Waals surface area contributed by atoms with Gasteiger partial charge in [0.25, 0.3) is 0 Å². The lowest BCUT2D eigenvalue weighted by Crippen LogP contribution is -3.10. The summed E-state index contributed by atoms with van der Waals surface area (Å²) in [4.78, 5) is 5.77. The molecule has 2 heterocycles. The molecule has 5 heteroatoms. The van der Waals surface area contributed by atoms with Crippen molar-refractivity contribution in [1.29, 1.82) is 0 Å². The first-order chi connectivity index (χ1) is 7.25. The Morgan fingerprint density at radius 2 is 2.31 bits per heavy atom. The quantitative estimate of drug-likeness (QED) is 0.473. The van der Waals surface area contributed by atoms with Crippen LogP contribution >= 0.6 is 22.9 Å². The van der Waals surface area contributed by atoms with Gasteiger partial charge in [0.1, 0.15) is 5.69 Å². The Labute approximate surface area is 128 Å². The molecule has 1 aromatic rings. The van der Waals surface area contributed by atoms with Gasteiger partial charge in [-0.25, -0.2) is 0 Å². The molecule has 2 atom stereocenters. The van der Waals surface area contributed by atoms with Crippen molar-refractivity contribution in [2.75, 3.05) is 9.66 Å². The van der Waals surface area contributed by atoms with E-state index >= 15 is 0 Å². The lowest BCUT2D eigenvalue weighted by molar-refractivity contribution is -0.850. The third-order valence-corrected chi connectivity index (χ3v) is 4.38. The topological polar surface area (TPSA) is 20.6 Å². The molecule has 2 unspecified atom stereocenters. The number of anilines is 1. The second-order valence-corrected chi connectivity index (χ2v) is 5.05. The van der Waals surface area contributed by atoms with Gasteiger partial charge in [0.2, 0.25) is 0 Å². The van der Waals surface area contributed by atoms with Crippen LogP contribution in [0.5, 0.6) is 0 Å². The van der Waals surface area contributed by atoms with Crippen LogP contribution in [0.1, 0.15) is 26.7 Å². The second-order valence-electron chi connectivity index (χ2n) is 4.01. The van der Waals surface area contributed by atoms with E-state index in [2.05, 4.69) is 50.9 Å². The highest BCUT2D eigenvalue weighted by Crippen LogP contribution is 2.30. The van der Waals surface area contributed by atoms with Crippen LogP contribution in [0.4, 0.5) is 11.4 Å². The van der Waals surface area contributed by atoms with E-state index in [1.807, 2.05) is 12.4 Å². The van der Waals surface area contributed by atoms with E-state index in [1.165, 1.54) is 30.8 Å². The van der Waals surface area contributed by atoms with E-state index in [-0.39, 0.29) is 24.0 Å². The second kappa shape index (κ2) is 6.34. The maximum Gasteiger partial charge on any atom is 0.173 e. The van der Waals surface area contributed by atoms with Crippen molar-refractivity contribution in [2.24, 2.45) is 0 Å². The predicted octanol–water partition coefficient (Wildman–Crippen LogP) is -1.08. The zero-order chi connectivity index (χ0) is 10.8. The molecule has 1 aliphatic rings. The van der Waals surface area contributed by atoms with Crippen LogP contribution in [0, 0.1) is 0 Å². The Morgan fingerprint density at radius 3 is 3.00 bits per heavy atom. The summed E-state index contributed by atoms with van der Waals surface area (Å²) in [5, 5.41) is 0. The molecule has 0 amide bonds. The van der Waals surface area contributed by atoms with Crippen molar-refractivity contribution in [3.63, 3.8) is 0 Å². The highest BCUT2D eigenvalue weighted by atomic mass is 127. The summed E-state index contributed by atoms with van der Waals surface area (Å²) >= 11 is 2.39. The van der Waals surface area contributed by atoms with Crippen molar-refractivity contribution < 1.29 is 28.9 Å². The van der Waals surface area contributed by atoms with Gasteiger partial charge in [0.15, 0.2) is 11.9 Å². The third-order valence-electron chi connectivity index (χ3n) is 3.02. The number of unbranched alkanes of at least 4 members (excludes halogenated alkanes) is 1. The van der Waals surface area contributed by atoms with Gasteiger partial charge in [-0.15, -0.1) is 0 Å². The Bertz CT molecular complexity index is 346. The molecule has 1 aliphatic heterocycles. The number of aromatic nitrogens is 1. The molecule has 1 N–H and O–H groups in total. The lowest BCUT2D eigenvalue weighted by Gasteiger charge is -2.20. The Kier molecular flexibility index (Phi) is 5.72. The first-order valence-electron chi connectivity index (χ1n) is 5.50. The standard InChI is InChI=1S/C11H16IN3.HI/c1-3-4-7-14-9(2)15(12)11-8-13-6-5-10(11)14;/h5-6,8-9H,3-4,7H2,1-2H3;1H. The molecule has 0 bridgehead atoms. The number of nitrogens with one attached hydrogen (secondary N) is 1. The molecule has 3 nitrogen and oxygen atoms in total. The SMILES string of the molecule is CCCC[NH+]1c2ccncc2N(I)C1C.[I-]. The highest BCUT2D eigenvalue weighted by molar-refractivity contribution is 14.1. The minimum atomic E-state index is 0. The van der Waals surface area contributed by atoms with Crippen molar-refractivity contribution >= 4 is 34.2 Å². The fourth-order valence-corrected chi connectivity index (χ4v) is 2.83. The van der Waals surface area contributed by atoms with Gasteiger partial charge in [-0.05, 0) is 6.42 Å². The molecular weight excluding hydrogens is 428 g/mol. The Hall–Kier alpha value is 0.370. The Morgan fingerprint density at radius 1 is 1.56 bits per heavy atom. The van der Waals surface area contributed by atoms with Crippen LogP contribution in [0.3, 0.4) is 0 Å². The monoisotopic (exact) mass is 445 g/mol. The van der Waals surface area contributed by atoms with Crippen molar-refractivity contribution in [1.82, 2.24) is 4.98 Å². The largest absolute Gasteiger partial charge is 1.00 e. The normalized spacial score (nSPS) is 22.8. The third kappa shape index (κ3) is 2.61. The van der Waals surface area contributed by atoms with E-state index in [4.69, 9.17) is 0 Å². The number of quaternary nitrogens is 1. The Balaban J connectivity index is 0.00000128. The smallest absolute Gasteiger partial charge is 0.173 e. The van der Waals surface area contributed by atoms with Crippen LogP contribution in [0.25, 0.3) is 0 Å². The maximum atomic E-state index is 4.20. The summed E-state index contributed by atoms with van der Waals surface area (Å²) in [5.41, 5.74) is 2.68. The number of rotatable bonds is 3. The van der Waals surface area contributed by atoms with E-state index in [0.717, 1.165) is 0 Å². The summed E-state index contributed by atoms with van der Waals surface area (Å²) in [7, 11) is 0. The molecule has 16 heavy (non-hydrogen) atoms. The fraction of sp³-hybridized carbons (Fsp3) is 0.545. The predicted molar refractivity (Wildman–Crippen MR) is 70.6 cm³/mol. The molecule has 0 spiro atoms. The number of nitrogens with zero attached hydrogens (tertiary/aromatic N) is 2. The van der Waals surface area contributed by atoms with Crippen molar-refractivity contribution in [3.8, 4) is 0 Å². The molecular formula is C11H17I2N3. The van der Waals surface area contributed by atoms with Crippen LogP contribution in [0.15, 0.2) is 18.5 Å². The molecule has 2 rings (SSSR count). The average molecular weight is 445 g/mol. The lowest BCUT2D eigenvalue weighted by atomic mass is 10.3. The minimum absolute atomic E-state index is 0. The van der Waals surface area contributed by atoms with Crippen LogP contribution in [0.2, 0.25) is 0 Å². The molecule has 0 aromatic carbocycles. The van der Waals surface area contributed by atoms with Gasteiger partial charge < -0.3 is 24.0 Å². The van der Waals surface area contributed by atoms with E-state index in [9.17, 15) is 0 Å². The van der Waals surface area contributed by atoms with Crippen molar-refractivity contribution in [3.05, 3.63) is 18.5 Å². The number of halogens is 2. The molecule has 0 saturated heterocycles. The van der Waals surface area contributed by atoms with Gasteiger partial charge in [0, 0.05) is 19.2 Å². The zero-order valence-corrected chi connectivity index (χ0v) is 13.9. The zero-order valence-electron chi connectivity index (χ0n) is 9.58. The molecule has 1 aromatic heterocycles. The number of fused-ring (bicyclic) bond motifs is 1. The summed E-state index contributed by atoms with van der Waals surface area (Å²) in [6.45, 7) is 5.74. The van der Waals surface area contributed by atoms with E-state index in [0.29, 0.717) is 6.17 Å². The highest BCUT2D eigenvalue weighted by Gasteiger charge is 2.36. The summed E-state index contributed by atoms with van der Waals surface area (Å²) in [6.07, 6.45) is 6.94. The summed E-state index contributed by atoms with van der Waals surface area (Å²) < 4.78 is 2.30. The van der Waals surface area contributed by atoms with Gasteiger partial charge >= 0.3 is 0 Å². The van der Waals surface area contributed by atoms with E-state index < -0.39 is 0 Å². The molecule has 0 radical (unpaired) electrons. The first kappa shape index (κ1) is 14.4. The first-order valence-corrected chi connectivity index (χ1v) is 6.47. The number of pyridine rings is 1. The molecule has 0 aliphatic carbocycles.